The summed E-state index contributed by atoms with van der Waals surface area (Å²) < 4.78 is 0. The summed E-state index contributed by atoms with van der Waals surface area (Å²) in [4.78, 5) is 4.95. The summed E-state index contributed by atoms with van der Waals surface area (Å²) in [6.07, 6.45) is 2.44. The fourth-order valence-electron chi connectivity index (χ4n) is 3.00. The molecule has 2 aliphatic rings. The molecule has 0 aromatic rings. The van der Waals surface area contributed by atoms with Gasteiger partial charge in [0, 0.05) is 32.7 Å². The molecule has 1 N–H and O–H groups in total. The molecular formula is C14H26N4. The minimum absolute atomic E-state index is 0.289. The van der Waals surface area contributed by atoms with Gasteiger partial charge in [0.15, 0.2) is 0 Å². The molecule has 1 atom stereocenters. The molecule has 1 unspecified atom stereocenters. The highest BCUT2D eigenvalue weighted by Crippen LogP contribution is 2.40. The quantitative estimate of drug-likeness (QED) is 0.761. The van der Waals surface area contributed by atoms with Crippen molar-refractivity contribution in [3.05, 3.63) is 0 Å². The molecule has 0 aromatic carbocycles. The first kappa shape index (κ1) is 13.8. The van der Waals surface area contributed by atoms with E-state index in [1.165, 1.54) is 12.8 Å². The molecule has 2 fully saturated rings. The van der Waals surface area contributed by atoms with Crippen molar-refractivity contribution in [3.8, 4) is 6.07 Å². The summed E-state index contributed by atoms with van der Waals surface area (Å²) in [6, 6.07) is 2.58. The van der Waals surface area contributed by atoms with Crippen LogP contribution in [0.4, 0.5) is 0 Å². The lowest BCUT2D eigenvalue weighted by Crippen LogP contribution is -2.57. The molecule has 18 heavy (non-hydrogen) atoms. The van der Waals surface area contributed by atoms with Crippen LogP contribution in [0.1, 0.15) is 26.7 Å². The van der Waals surface area contributed by atoms with Gasteiger partial charge in [-0.05, 0) is 31.8 Å². The van der Waals surface area contributed by atoms with E-state index in [0.29, 0.717) is 5.92 Å². The Morgan fingerprint density at radius 3 is 2.22 bits per heavy atom. The number of hydrogen-bond donors (Lipinski definition) is 1. The van der Waals surface area contributed by atoms with Crippen molar-refractivity contribution in [1.82, 2.24) is 15.1 Å². The van der Waals surface area contributed by atoms with E-state index in [0.717, 1.165) is 45.8 Å². The molecule has 102 valence electrons. The molecule has 1 aliphatic heterocycles. The second kappa shape index (κ2) is 6.01. The Kier molecular flexibility index (Phi) is 4.60. The van der Waals surface area contributed by atoms with Gasteiger partial charge in [0.25, 0.3) is 0 Å². The molecule has 1 saturated heterocycles. The first-order chi connectivity index (χ1) is 8.74. The predicted molar refractivity (Wildman–Crippen MR) is 73.3 cm³/mol. The lowest BCUT2D eigenvalue weighted by Gasteiger charge is -2.39. The van der Waals surface area contributed by atoms with Crippen LogP contribution in [0.5, 0.6) is 0 Å². The molecule has 1 saturated carbocycles. The van der Waals surface area contributed by atoms with Gasteiger partial charge < -0.3 is 4.90 Å². The third-order valence-electron chi connectivity index (χ3n) is 4.35. The van der Waals surface area contributed by atoms with Gasteiger partial charge in [-0.1, -0.05) is 13.8 Å². The fraction of sp³-hybridized carbons (Fsp3) is 0.929. The number of nitrogens with zero attached hydrogens (tertiary/aromatic N) is 3. The van der Waals surface area contributed by atoms with Gasteiger partial charge in [-0.15, -0.1) is 0 Å². The third-order valence-corrected chi connectivity index (χ3v) is 4.35. The summed E-state index contributed by atoms with van der Waals surface area (Å²) in [7, 11) is 0. The number of nitriles is 1. The zero-order chi connectivity index (χ0) is 13.0. The maximum Gasteiger partial charge on any atom is 0.122 e. The second-order valence-electron chi connectivity index (χ2n) is 5.60. The van der Waals surface area contributed by atoms with Crippen LogP contribution in [0.25, 0.3) is 0 Å². The number of nitrogens with one attached hydrogen (secondary N) is 1. The molecule has 0 radical (unpaired) electrons. The zero-order valence-corrected chi connectivity index (χ0v) is 11.8. The summed E-state index contributed by atoms with van der Waals surface area (Å²) in [5.41, 5.74) is -0.289. The molecule has 1 aliphatic carbocycles. The lowest BCUT2D eigenvalue weighted by molar-refractivity contribution is 0.111. The Hall–Kier alpha value is -0.630. The monoisotopic (exact) mass is 250 g/mol. The van der Waals surface area contributed by atoms with Crippen LogP contribution in [-0.4, -0.2) is 61.2 Å². The van der Waals surface area contributed by atoms with Crippen LogP contribution in [0.15, 0.2) is 0 Å². The largest absolute Gasteiger partial charge is 0.301 e. The van der Waals surface area contributed by atoms with Crippen molar-refractivity contribution in [3.63, 3.8) is 0 Å². The van der Waals surface area contributed by atoms with E-state index in [1.807, 2.05) is 0 Å². The predicted octanol–water partition coefficient (Wildman–Crippen LogP) is 0.906. The molecule has 0 aromatic heterocycles. The number of rotatable bonds is 6. The molecule has 0 spiro atoms. The van der Waals surface area contributed by atoms with E-state index in [2.05, 4.69) is 35.0 Å². The minimum atomic E-state index is -0.289. The van der Waals surface area contributed by atoms with Gasteiger partial charge in [0.2, 0.25) is 0 Å². The highest BCUT2D eigenvalue weighted by molar-refractivity contribution is 5.16. The van der Waals surface area contributed by atoms with Crippen LogP contribution in [0, 0.1) is 17.2 Å². The summed E-state index contributed by atoms with van der Waals surface area (Å²) in [5.74, 6) is 0.576. The van der Waals surface area contributed by atoms with Gasteiger partial charge in [-0.2, -0.15) is 5.26 Å². The van der Waals surface area contributed by atoms with Crippen molar-refractivity contribution in [2.45, 2.75) is 32.2 Å². The van der Waals surface area contributed by atoms with Crippen molar-refractivity contribution in [2.24, 2.45) is 5.92 Å². The van der Waals surface area contributed by atoms with Crippen LogP contribution < -0.4 is 5.32 Å². The van der Waals surface area contributed by atoms with E-state index in [4.69, 9.17) is 0 Å². The highest BCUT2D eigenvalue weighted by Gasteiger charge is 2.46. The molecular weight excluding hydrogens is 224 g/mol. The second-order valence-corrected chi connectivity index (χ2v) is 5.60. The molecule has 1 heterocycles. The normalized spacial score (nSPS) is 25.6. The topological polar surface area (TPSA) is 42.3 Å². The maximum absolute atomic E-state index is 9.60. The SMILES string of the molecule is CCNC(C#N)(CN1CCN(CC)CC1)C1CC1. The summed E-state index contributed by atoms with van der Waals surface area (Å²) in [5, 5.41) is 13.1. The van der Waals surface area contributed by atoms with Gasteiger partial charge in [-0.3, -0.25) is 10.2 Å². The number of piperazine rings is 1. The summed E-state index contributed by atoms with van der Waals surface area (Å²) >= 11 is 0. The first-order valence-electron chi connectivity index (χ1n) is 7.35. The van der Waals surface area contributed by atoms with Crippen LogP contribution in [0.2, 0.25) is 0 Å². The van der Waals surface area contributed by atoms with Crippen LogP contribution in [0.3, 0.4) is 0 Å². The molecule has 2 rings (SSSR count). The number of likely N-dealkylation sites (N-methyl/N-ethyl adjacent to an activating group) is 2. The lowest BCUT2D eigenvalue weighted by atomic mass is 9.93. The standard InChI is InChI=1S/C14H26N4/c1-3-16-14(11-15,13-5-6-13)12-18-9-7-17(4-2)8-10-18/h13,16H,3-10,12H2,1-2H3. The Morgan fingerprint density at radius 1 is 1.17 bits per heavy atom. The van der Waals surface area contributed by atoms with Crippen molar-refractivity contribution < 1.29 is 0 Å². The Balaban J connectivity index is 1.91. The molecule has 4 heteroatoms. The fourth-order valence-corrected chi connectivity index (χ4v) is 3.00. The third kappa shape index (κ3) is 3.03. The van der Waals surface area contributed by atoms with E-state index < -0.39 is 0 Å². The van der Waals surface area contributed by atoms with Crippen molar-refractivity contribution in [2.75, 3.05) is 45.8 Å². The average Bonchev–Trinajstić information content (AvgIpc) is 3.24. The van der Waals surface area contributed by atoms with Gasteiger partial charge >= 0.3 is 0 Å². The van der Waals surface area contributed by atoms with E-state index >= 15 is 0 Å². The first-order valence-corrected chi connectivity index (χ1v) is 7.35. The van der Waals surface area contributed by atoms with Crippen molar-refractivity contribution >= 4 is 0 Å². The van der Waals surface area contributed by atoms with Crippen LogP contribution in [-0.2, 0) is 0 Å². The van der Waals surface area contributed by atoms with Crippen molar-refractivity contribution in [1.29, 1.82) is 5.26 Å². The summed E-state index contributed by atoms with van der Waals surface area (Å²) in [6.45, 7) is 11.8. The van der Waals surface area contributed by atoms with Gasteiger partial charge in [0.05, 0.1) is 6.07 Å². The molecule has 0 amide bonds. The molecule has 0 bridgehead atoms. The zero-order valence-electron chi connectivity index (χ0n) is 11.8. The minimum Gasteiger partial charge on any atom is -0.301 e. The van der Waals surface area contributed by atoms with E-state index in [1.54, 1.807) is 0 Å². The smallest absolute Gasteiger partial charge is 0.122 e. The Bertz CT molecular complexity index is 299. The molecule has 4 nitrogen and oxygen atoms in total. The number of hydrogen-bond acceptors (Lipinski definition) is 4. The Morgan fingerprint density at radius 2 is 1.78 bits per heavy atom. The van der Waals surface area contributed by atoms with Gasteiger partial charge in [0.1, 0.15) is 5.54 Å². The Labute approximate surface area is 111 Å². The van der Waals surface area contributed by atoms with E-state index in [-0.39, 0.29) is 5.54 Å². The highest BCUT2D eigenvalue weighted by atomic mass is 15.3. The average molecular weight is 250 g/mol. The van der Waals surface area contributed by atoms with Gasteiger partial charge in [-0.25, -0.2) is 0 Å². The van der Waals surface area contributed by atoms with Crippen LogP contribution >= 0.6 is 0 Å². The maximum atomic E-state index is 9.60. The van der Waals surface area contributed by atoms with E-state index in [9.17, 15) is 5.26 Å².